The van der Waals surface area contributed by atoms with Crippen LogP contribution in [-0.2, 0) is 13.1 Å². The van der Waals surface area contributed by atoms with Gasteiger partial charge in [-0.05, 0) is 49.9 Å². The van der Waals surface area contributed by atoms with Gasteiger partial charge in [0.1, 0.15) is 11.9 Å². The summed E-state index contributed by atoms with van der Waals surface area (Å²) in [7, 11) is 0. The van der Waals surface area contributed by atoms with Gasteiger partial charge in [0.05, 0.1) is 6.20 Å². The predicted octanol–water partition coefficient (Wildman–Crippen LogP) is 1.99. The van der Waals surface area contributed by atoms with Gasteiger partial charge in [-0.25, -0.2) is 0 Å². The summed E-state index contributed by atoms with van der Waals surface area (Å²) in [4.78, 5) is 19.6. The number of nitrogens with zero attached hydrogens (tertiary/aromatic N) is 3. The minimum Gasteiger partial charge on any atom is -0.489 e. The van der Waals surface area contributed by atoms with Crippen molar-refractivity contribution in [2.24, 2.45) is 5.92 Å². The molecule has 5 rings (SSSR count). The van der Waals surface area contributed by atoms with Crippen molar-refractivity contribution in [2.45, 2.75) is 44.4 Å². The van der Waals surface area contributed by atoms with E-state index in [-0.39, 0.29) is 11.7 Å². The molecule has 0 aliphatic carbocycles. The molecule has 148 valence electrons. The fraction of sp³-hybridized carbons (Fsp3) is 0.545. The van der Waals surface area contributed by atoms with E-state index >= 15 is 0 Å². The lowest BCUT2D eigenvalue weighted by molar-refractivity contribution is 0.0961. The average Bonchev–Trinajstić information content (AvgIpc) is 2.73. The monoisotopic (exact) mass is 380 g/mol. The van der Waals surface area contributed by atoms with Gasteiger partial charge in [0, 0.05) is 56.1 Å². The third-order valence-corrected chi connectivity index (χ3v) is 6.45. The first-order valence-electron chi connectivity index (χ1n) is 10.5. The molecule has 2 saturated heterocycles. The minimum absolute atomic E-state index is 0.225. The van der Waals surface area contributed by atoms with Crippen LogP contribution in [0.5, 0.6) is 5.75 Å². The predicted molar refractivity (Wildman–Crippen MR) is 108 cm³/mol. The van der Waals surface area contributed by atoms with Crippen molar-refractivity contribution in [2.75, 3.05) is 26.2 Å². The summed E-state index contributed by atoms with van der Waals surface area (Å²) in [5, 5.41) is 3.51. The summed E-state index contributed by atoms with van der Waals surface area (Å²) in [5.74, 6) is 1.93. The Morgan fingerprint density at radius 2 is 2.07 bits per heavy atom. The lowest BCUT2D eigenvalue weighted by Crippen LogP contribution is -2.46. The molecule has 1 N–H and O–H groups in total. The SMILES string of the molecule is O=c1c(CN2CCC(Oc3cccnc3)CC2)ccc2n1C[C@@H]1CNC[C@H]2C1. The molecule has 0 saturated carbocycles. The molecule has 3 aliphatic rings. The highest BCUT2D eigenvalue weighted by molar-refractivity contribution is 5.22. The van der Waals surface area contributed by atoms with Crippen LogP contribution in [0, 0.1) is 5.92 Å². The van der Waals surface area contributed by atoms with Gasteiger partial charge < -0.3 is 14.6 Å². The van der Waals surface area contributed by atoms with Crippen LogP contribution in [0.15, 0.2) is 41.5 Å². The molecule has 2 bridgehead atoms. The maximum atomic E-state index is 13.1. The third-order valence-electron chi connectivity index (χ3n) is 6.45. The summed E-state index contributed by atoms with van der Waals surface area (Å²) in [6.45, 7) is 5.57. The Kier molecular flexibility index (Phi) is 4.91. The molecule has 0 unspecified atom stereocenters. The quantitative estimate of drug-likeness (QED) is 0.879. The zero-order valence-corrected chi connectivity index (χ0v) is 16.2. The smallest absolute Gasteiger partial charge is 0.255 e. The molecular weight excluding hydrogens is 352 g/mol. The van der Waals surface area contributed by atoms with Crippen LogP contribution in [0.3, 0.4) is 0 Å². The Labute approximate surface area is 165 Å². The molecule has 5 heterocycles. The van der Waals surface area contributed by atoms with Gasteiger partial charge in [0.2, 0.25) is 0 Å². The standard InChI is InChI=1S/C22H28N4O2/c27-22-17(3-4-21-18-10-16(11-24-12-18)14-26(21)22)15-25-8-5-19(6-9-25)28-20-2-1-7-23-13-20/h1-4,7,13,16,18-19,24H,5-6,8-12,14-15H2/t16-,18+/m0/s1. The molecule has 0 amide bonds. The van der Waals surface area contributed by atoms with Crippen molar-refractivity contribution in [3.8, 4) is 5.75 Å². The maximum Gasteiger partial charge on any atom is 0.255 e. The molecule has 28 heavy (non-hydrogen) atoms. The number of rotatable bonds is 4. The molecule has 2 fully saturated rings. The highest BCUT2D eigenvalue weighted by Gasteiger charge is 2.31. The van der Waals surface area contributed by atoms with Crippen LogP contribution >= 0.6 is 0 Å². The van der Waals surface area contributed by atoms with E-state index < -0.39 is 0 Å². The zero-order valence-electron chi connectivity index (χ0n) is 16.2. The van der Waals surface area contributed by atoms with Crippen molar-refractivity contribution in [1.82, 2.24) is 19.8 Å². The van der Waals surface area contributed by atoms with E-state index in [1.807, 2.05) is 12.1 Å². The van der Waals surface area contributed by atoms with Crippen LogP contribution < -0.4 is 15.6 Å². The second-order valence-electron chi connectivity index (χ2n) is 8.44. The Bertz CT molecular complexity index is 874. The van der Waals surface area contributed by atoms with Gasteiger partial charge in [-0.3, -0.25) is 14.7 Å². The van der Waals surface area contributed by atoms with E-state index in [4.69, 9.17) is 4.74 Å². The van der Waals surface area contributed by atoms with Crippen LogP contribution in [-0.4, -0.2) is 46.7 Å². The van der Waals surface area contributed by atoms with Crippen LogP contribution in [0.1, 0.15) is 36.4 Å². The molecule has 2 aromatic heterocycles. The first kappa shape index (κ1) is 17.9. The molecular formula is C22H28N4O2. The van der Waals surface area contributed by atoms with Gasteiger partial charge in [0.15, 0.2) is 0 Å². The van der Waals surface area contributed by atoms with Crippen molar-refractivity contribution in [3.63, 3.8) is 0 Å². The number of likely N-dealkylation sites (tertiary alicyclic amines) is 1. The minimum atomic E-state index is 0.225. The number of fused-ring (bicyclic) bond motifs is 4. The zero-order chi connectivity index (χ0) is 18.9. The molecule has 0 aromatic carbocycles. The van der Waals surface area contributed by atoms with Crippen molar-refractivity contribution in [3.05, 3.63) is 58.3 Å². The highest BCUT2D eigenvalue weighted by atomic mass is 16.5. The number of aromatic nitrogens is 2. The Balaban J connectivity index is 1.23. The maximum absolute atomic E-state index is 13.1. The number of ether oxygens (including phenoxy) is 1. The van der Waals surface area contributed by atoms with E-state index in [1.54, 1.807) is 12.4 Å². The van der Waals surface area contributed by atoms with E-state index in [2.05, 4.69) is 31.9 Å². The van der Waals surface area contributed by atoms with Gasteiger partial charge in [-0.1, -0.05) is 6.07 Å². The van der Waals surface area contributed by atoms with Gasteiger partial charge >= 0.3 is 0 Å². The fourth-order valence-corrected chi connectivity index (χ4v) is 4.99. The summed E-state index contributed by atoms with van der Waals surface area (Å²) in [6, 6.07) is 8.13. The summed E-state index contributed by atoms with van der Waals surface area (Å²) < 4.78 is 8.10. The molecule has 0 spiro atoms. The largest absolute Gasteiger partial charge is 0.489 e. The van der Waals surface area contributed by atoms with Crippen molar-refractivity contribution in [1.29, 1.82) is 0 Å². The summed E-state index contributed by atoms with van der Waals surface area (Å²) in [6.07, 6.45) is 6.95. The number of pyridine rings is 2. The number of hydrogen-bond donors (Lipinski definition) is 1. The Hall–Kier alpha value is -2.18. The first-order chi connectivity index (χ1) is 13.8. The second-order valence-corrected chi connectivity index (χ2v) is 8.44. The topological polar surface area (TPSA) is 59.4 Å². The molecule has 0 radical (unpaired) electrons. The molecule has 3 aliphatic heterocycles. The van der Waals surface area contributed by atoms with Gasteiger partial charge in [0.25, 0.3) is 5.56 Å². The highest BCUT2D eigenvalue weighted by Crippen LogP contribution is 2.31. The van der Waals surface area contributed by atoms with E-state index in [0.29, 0.717) is 11.8 Å². The van der Waals surface area contributed by atoms with Crippen molar-refractivity contribution < 1.29 is 4.74 Å². The normalized spacial score (nSPS) is 25.3. The average molecular weight is 380 g/mol. The molecule has 6 nitrogen and oxygen atoms in total. The second kappa shape index (κ2) is 7.68. The van der Waals surface area contributed by atoms with Crippen LogP contribution in [0.4, 0.5) is 0 Å². The fourth-order valence-electron chi connectivity index (χ4n) is 4.99. The lowest BCUT2D eigenvalue weighted by Gasteiger charge is -2.38. The van der Waals surface area contributed by atoms with E-state index in [9.17, 15) is 4.79 Å². The molecule has 6 heteroatoms. The third kappa shape index (κ3) is 3.59. The summed E-state index contributed by atoms with van der Waals surface area (Å²) >= 11 is 0. The molecule has 2 atom stereocenters. The van der Waals surface area contributed by atoms with Crippen molar-refractivity contribution >= 4 is 0 Å². The van der Waals surface area contributed by atoms with E-state index in [1.165, 1.54) is 12.1 Å². The number of piperidine rings is 2. The van der Waals surface area contributed by atoms with Crippen LogP contribution in [0.2, 0.25) is 0 Å². The Morgan fingerprint density at radius 3 is 2.89 bits per heavy atom. The molecule has 2 aromatic rings. The number of nitrogens with one attached hydrogen (secondary N) is 1. The van der Waals surface area contributed by atoms with Gasteiger partial charge in [-0.15, -0.1) is 0 Å². The number of hydrogen-bond acceptors (Lipinski definition) is 5. The van der Waals surface area contributed by atoms with Crippen LogP contribution in [0.25, 0.3) is 0 Å². The van der Waals surface area contributed by atoms with E-state index in [0.717, 1.165) is 63.4 Å². The first-order valence-corrected chi connectivity index (χ1v) is 10.5. The lowest BCUT2D eigenvalue weighted by atomic mass is 9.84. The summed E-state index contributed by atoms with van der Waals surface area (Å²) in [5.41, 5.74) is 2.38. The van der Waals surface area contributed by atoms with Gasteiger partial charge in [-0.2, -0.15) is 0 Å². The Morgan fingerprint density at radius 1 is 1.18 bits per heavy atom.